The van der Waals surface area contributed by atoms with Crippen molar-refractivity contribution in [2.24, 2.45) is 0 Å². The summed E-state index contributed by atoms with van der Waals surface area (Å²) in [6, 6.07) is 23.6. The van der Waals surface area contributed by atoms with E-state index < -0.39 is 0 Å². The predicted octanol–water partition coefficient (Wildman–Crippen LogP) is 5.15. The van der Waals surface area contributed by atoms with E-state index >= 15 is 0 Å². The zero-order valence-electron chi connectivity index (χ0n) is 16.7. The zero-order valence-corrected chi connectivity index (χ0v) is 16.7. The van der Waals surface area contributed by atoms with Crippen LogP contribution in [-0.2, 0) is 6.54 Å². The summed E-state index contributed by atoms with van der Waals surface area (Å²) in [6.45, 7) is 3.13. The summed E-state index contributed by atoms with van der Waals surface area (Å²) in [4.78, 5) is 2.11. The molecule has 0 aliphatic heterocycles. The number of anilines is 1. The van der Waals surface area contributed by atoms with Gasteiger partial charge >= 0.3 is 0 Å². The topological polar surface area (TPSA) is 12.3 Å². The van der Waals surface area contributed by atoms with Gasteiger partial charge in [0.25, 0.3) is 5.65 Å². The Morgan fingerprint density at radius 1 is 0.893 bits per heavy atom. The molecule has 0 fully saturated rings. The van der Waals surface area contributed by atoms with Gasteiger partial charge in [0.1, 0.15) is 6.20 Å². The van der Waals surface area contributed by atoms with Crippen molar-refractivity contribution in [2.45, 2.75) is 13.5 Å². The lowest BCUT2D eigenvalue weighted by Gasteiger charge is -2.11. The summed E-state index contributed by atoms with van der Waals surface area (Å²) < 4.78 is 4.56. The molecule has 0 saturated carbocycles. The number of benzene rings is 2. The SMILES string of the molecule is CCn1c(-c2ccccc2)c[n+]2ccc(/C=C/c3ccc(N(C)C)cc3)cc12. The van der Waals surface area contributed by atoms with Crippen LogP contribution in [0.2, 0.25) is 0 Å². The Labute approximate surface area is 166 Å². The Bertz CT molecular complexity index is 1100. The number of aryl methyl sites for hydroxylation is 1. The molecular weight excluding hydrogens is 342 g/mol. The average molecular weight is 369 g/mol. The van der Waals surface area contributed by atoms with Gasteiger partial charge in [0.15, 0.2) is 5.69 Å². The van der Waals surface area contributed by atoms with Crippen LogP contribution < -0.4 is 9.30 Å². The van der Waals surface area contributed by atoms with E-state index in [-0.39, 0.29) is 0 Å². The van der Waals surface area contributed by atoms with Crippen molar-refractivity contribution in [3.8, 4) is 11.3 Å². The van der Waals surface area contributed by atoms with E-state index in [4.69, 9.17) is 0 Å². The monoisotopic (exact) mass is 368 g/mol. The Kier molecular flexibility index (Phi) is 4.98. The van der Waals surface area contributed by atoms with E-state index in [0.29, 0.717) is 0 Å². The highest BCUT2D eigenvalue weighted by Gasteiger charge is 2.17. The van der Waals surface area contributed by atoms with Crippen molar-refractivity contribution in [3.63, 3.8) is 0 Å². The fourth-order valence-corrected chi connectivity index (χ4v) is 3.52. The fourth-order valence-electron chi connectivity index (χ4n) is 3.52. The molecule has 3 nitrogen and oxygen atoms in total. The summed E-state index contributed by atoms with van der Waals surface area (Å²) in [5.74, 6) is 0. The largest absolute Gasteiger partial charge is 0.378 e. The third kappa shape index (κ3) is 3.56. The molecule has 0 amide bonds. The maximum atomic E-state index is 2.36. The second-order valence-corrected chi connectivity index (χ2v) is 7.17. The van der Waals surface area contributed by atoms with E-state index in [0.717, 1.165) is 6.54 Å². The Balaban J connectivity index is 1.67. The first kappa shape index (κ1) is 18.1. The molecule has 0 unspecified atom stereocenters. The van der Waals surface area contributed by atoms with Gasteiger partial charge in [-0.15, -0.1) is 0 Å². The predicted molar refractivity (Wildman–Crippen MR) is 118 cm³/mol. The smallest absolute Gasteiger partial charge is 0.287 e. The number of hydrogen-bond acceptors (Lipinski definition) is 1. The minimum atomic E-state index is 0.930. The summed E-state index contributed by atoms with van der Waals surface area (Å²) in [5.41, 5.74) is 7.29. The second kappa shape index (κ2) is 7.73. The number of pyridine rings is 1. The van der Waals surface area contributed by atoms with Crippen molar-refractivity contribution >= 4 is 23.5 Å². The van der Waals surface area contributed by atoms with Gasteiger partial charge in [-0.25, -0.2) is 8.97 Å². The van der Waals surface area contributed by atoms with Gasteiger partial charge in [0.05, 0.1) is 12.7 Å². The van der Waals surface area contributed by atoms with Gasteiger partial charge in [0, 0.05) is 31.4 Å². The van der Waals surface area contributed by atoms with Crippen LogP contribution in [-0.4, -0.2) is 18.7 Å². The molecular formula is C25H26N3+. The van der Waals surface area contributed by atoms with Crippen molar-refractivity contribution in [2.75, 3.05) is 19.0 Å². The van der Waals surface area contributed by atoms with Crippen LogP contribution in [0.25, 0.3) is 29.1 Å². The van der Waals surface area contributed by atoms with Gasteiger partial charge in [0.2, 0.25) is 0 Å². The van der Waals surface area contributed by atoms with Crippen LogP contribution in [0.4, 0.5) is 5.69 Å². The van der Waals surface area contributed by atoms with E-state index in [2.05, 4.69) is 126 Å². The molecule has 4 aromatic rings. The Morgan fingerprint density at radius 3 is 2.29 bits per heavy atom. The Morgan fingerprint density at radius 2 is 1.61 bits per heavy atom. The van der Waals surface area contributed by atoms with Crippen molar-refractivity contribution in [1.29, 1.82) is 0 Å². The minimum Gasteiger partial charge on any atom is -0.378 e. The van der Waals surface area contributed by atoms with Crippen LogP contribution in [0.3, 0.4) is 0 Å². The number of nitrogens with zero attached hydrogens (tertiary/aromatic N) is 3. The van der Waals surface area contributed by atoms with Gasteiger partial charge in [-0.1, -0.05) is 54.6 Å². The highest BCUT2D eigenvalue weighted by molar-refractivity contribution is 5.72. The van der Waals surface area contributed by atoms with Gasteiger partial charge in [-0.05, 0) is 36.2 Å². The van der Waals surface area contributed by atoms with E-state index in [1.165, 1.54) is 33.7 Å². The molecule has 0 saturated heterocycles. The summed E-state index contributed by atoms with van der Waals surface area (Å²) in [5, 5.41) is 0. The van der Waals surface area contributed by atoms with Crippen LogP contribution in [0.1, 0.15) is 18.1 Å². The van der Waals surface area contributed by atoms with Crippen LogP contribution in [0.15, 0.2) is 79.1 Å². The number of hydrogen-bond donors (Lipinski definition) is 0. The normalized spacial score (nSPS) is 11.4. The third-order valence-electron chi connectivity index (χ3n) is 5.08. The standard InChI is InChI=1S/C25H26N3/c1-4-28-24(22-8-6-5-7-9-22)19-27-17-16-21(18-25(27)28)11-10-20-12-14-23(15-13-20)26(2)3/h5-19H,4H2,1-3H3/q+1. The molecule has 0 aliphatic carbocycles. The molecule has 2 aromatic heterocycles. The third-order valence-corrected chi connectivity index (χ3v) is 5.08. The molecule has 4 rings (SSSR count). The van der Waals surface area contributed by atoms with Crippen LogP contribution in [0, 0.1) is 0 Å². The summed E-state index contributed by atoms with van der Waals surface area (Å²) in [6.07, 6.45) is 8.70. The summed E-state index contributed by atoms with van der Waals surface area (Å²) in [7, 11) is 4.12. The molecule has 3 heteroatoms. The highest BCUT2D eigenvalue weighted by Crippen LogP contribution is 2.21. The quantitative estimate of drug-likeness (QED) is 0.444. The number of aromatic nitrogens is 2. The maximum Gasteiger partial charge on any atom is 0.287 e. The number of fused-ring (bicyclic) bond motifs is 1. The van der Waals surface area contributed by atoms with Crippen molar-refractivity contribution in [1.82, 2.24) is 4.57 Å². The lowest BCUT2D eigenvalue weighted by atomic mass is 10.1. The lowest BCUT2D eigenvalue weighted by molar-refractivity contribution is -0.510. The minimum absolute atomic E-state index is 0.930. The zero-order chi connectivity index (χ0) is 19.5. The van der Waals surface area contributed by atoms with E-state index in [9.17, 15) is 0 Å². The number of rotatable bonds is 5. The molecule has 2 heterocycles. The van der Waals surface area contributed by atoms with Crippen LogP contribution >= 0.6 is 0 Å². The summed E-state index contributed by atoms with van der Waals surface area (Å²) >= 11 is 0. The molecule has 0 aliphatic rings. The highest BCUT2D eigenvalue weighted by atomic mass is 15.1. The molecule has 140 valence electrons. The first-order valence-electron chi connectivity index (χ1n) is 9.71. The van der Waals surface area contributed by atoms with Gasteiger partial charge in [-0.2, -0.15) is 0 Å². The van der Waals surface area contributed by atoms with Gasteiger partial charge in [-0.3, -0.25) is 0 Å². The van der Waals surface area contributed by atoms with E-state index in [1.54, 1.807) is 0 Å². The van der Waals surface area contributed by atoms with E-state index in [1.807, 2.05) is 0 Å². The first-order valence-corrected chi connectivity index (χ1v) is 9.71. The maximum absolute atomic E-state index is 2.36. The molecule has 0 radical (unpaired) electrons. The van der Waals surface area contributed by atoms with Crippen molar-refractivity contribution in [3.05, 3.63) is 90.3 Å². The molecule has 28 heavy (non-hydrogen) atoms. The molecule has 0 bridgehead atoms. The fraction of sp³-hybridized carbons (Fsp3) is 0.160. The van der Waals surface area contributed by atoms with Gasteiger partial charge < -0.3 is 4.90 Å². The second-order valence-electron chi connectivity index (χ2n) is 7.17. The van der Waals surface area contributed by atoms with Crippen molar-refractivity contribution < 1.29 is 4.40 Å². The molecule has 0 atom stereocenters. The molecule has 2 aromatic carbocycles. The molecule has 0 N–H and O–H groups in total. The molecule has 0 spiro atoms. The Hall–Kier alpha value is -3.33. The average Bonchev–Trinajstić information content (AvgIpc) is 3.11. The lowest BCUT2D eigenvalue weighted by Crippen LogP contribution is -2.18. The number of imidazole rings is 1. The van der Waals surface area contributed by atoms with Crippen LogP contribution in [0.5, 0.6) is 0 Å². The first-order chi connectivity index (χ1) is 13.7.